The van der Waals surface area contributed by atoms with Crippen molar-refractivity contribution in [1.82, 2.24) is 5.32 Å². The third-order valence-electron chi connectivity index (χ3n) is 3.31. The van der Waals surface area contributed by atoms with E-state index in [1.165, 1.54) is 6.07 Å². The van der Waals surface area contributed by atoms with Gasteiger partial charge in [0.25, 0.3) is 0 Å². The molecule has 0 saturated carbocycles. The van der Waals surface area contributed by atoms with Gasteiger partial charge in [0.15, 0.2) is 0 Å². The molecule has 2 rings (SSSR count). The summed E-state index contributed by atoms with van der Waals surface area (Å²) in [4.78, 5) is 0. The van der Waals surface area contributed by atoms with Crippen LogP contribution >= 0.6 is 15.9 Å². The average molecular weight is 338 g/mol. The molecule has 0 amide bonds. The fraction of sp³-hybridized carbons (Fsp3) is 0.250. The van der Waals surface area contributed by atoms with Crippen molar-refractivity contribution in [2.24, 2.45) is 0 Å². The molecule has 0 bridgehead atoms. The van der Waals surface area contributed by atoms with E-state index in [0.717, 1.165) is 15.8 Å². The molecular weight excluding hydrogens is 321 g/mol. The van der Waals surface area contributed by atoms with Crippen LogP contribution in [0.5, 0.6) is 5.75 Å². The van der Waals surface area contributed by atoms with Crippen LogP contribution < -0.4 is 10.1 Å². The van der Waals surface area contributed by atoms with Crippen LogP contribution in [0.15, 0.2) is 46.9 Å². The molecule has 0 aliphatic rings. The number of hydrogen-bond donors (Lipinski definition) is 1. The molecule has 0 spiro atoms. The zero-order valence-corrected chi connectivity index (χ0v) is 13.1. The monoisotopic (exact) mass is 337 g/mol. The summed E-state index contributed by atoms with van der Waals surface area (Å²) in [6.07, 6.45) is 0.599. The van der Waals surface area contributed by atoms with E-state index in [9.17, 15) is 4.39 Å². The van der Waals surface area contributed by atoms with Crippen molar-refractivity contribution in [2.45, 2.75) is 12.5 Å². The fourth-order valence-electron chi connectivity index (χ4n) is 2.17. The van der Waals surface area contributed by atoms with Gasteiger partial charge in [0.1, 0.15) is 11.6 Å². The second kappa shape index (κ2) is 6.86. The lowest BCUT2D eigenvalue weighted by molar-refractivity contribution is 0.411. The van der Waals surface area contributed by atoms with Crippen molar-refractivity contribution < 1.29 is 9.13 Å². The molecule has 2 aromatic rings. The van der Waals surface area contributed by atoms with Crippen LogP contribution in [-0.4, -0.2) is 14.2 Å². The van der Waals surface area contributed by atoms with Gasteiger partial charge in [-0.1, -0.05) is 24.3 Å². The SMILES string of the molecule is CNC(Cc1ccccc1F)c1ccc(OC)c(Br)c1. The molecule has 0 radical (unpaired) electrons. The Balaban J connectivity index is 2.24. The van der Waals surface area contributed by atoms with Gasteiger partial charge in [-0.05, 0) is 58.7 Å². The Hall–Kier alpha value is -1.39. The van der Waals surface area contributed by atoms with Gasteiger partial charge in [0, 0.05) is 6.04 Å². The molecule has 0 saturated heterocycles. The highest BCUT2D eigenvalue weighted by molar-refractivity contribution is 9.10. The smallest absolute Gasteiger partial charge is 0.133 e. The molecule has 106 valence electrons. The first kappa shape index (κ1) is 15.0. The lowest BCUT2D eigenvalue weighted by atomic mass is 9.98. The molecule has 2 aromatic carbocycles. The number of benzene rings is 2. The van der Waals surface area contributed by atoms with Crippen LogP contribution in [-0.2, 0) is 6.42 Å². The van der Waals surface area contributed by atoms with Gasteiger partial charge in [0.2, 0.25) is 0 Å². The van der Waals surface area contributed by atoms with Gasteiger partial charge in [-0.25, -0.2) is 4.39 Å². The summed E-state index contributed by atoms with van der Waals surface area (Å²) in [5.41, 5.74) is 1.79. The summed E-state index contributed by atoms with van der Waals surface area (Å²) < 4.78 is 19.9. The second-order valence-electron chi connectivity index (χ2n) is 4.53. The zero-order valence-electron chi connectivity index (χ0n) is 11.5. The molecule has 0 aliphatic carbocycles. The summed E-state index contributed by atoms with van der Waals surface area (Å²) in [5, 5.41) is 3.23. The topological polar surface area (TPSA) is 21.3 Å². The molecular formula is C16H17BrFNO. The lowest BCUT2D eigenvalue weighted by Gasteiger charge is -2.18. The number of halogens is 2. The number of likely N-dealkylation sites (N-methyl/N-ethyl adjacent to an activating group) is 1. The zero-order chi connectivity index (χ0) is 14.5. The van der Waals surface area contributed by atoms with E-state index in [-0.39, 0.29) is 11.9 Å². The van der Waals surface area contributed by atoms with Crippen LogP contribution in [0.4, 0.5) is 4.39 Å². The molecule has 2 nitrogen and oxygen atoms in total. The van der Waals surface area contributed by atoms with Gasteiger partial charge in [-0.3, -0.25) is 0 Å². The Bertz CT molecular complexity index is 588. The largest absolute Gasteiger partial charge is 0.496 e. The van der Waals surface area contributed by atoms with Crippen molar-refractivity contribution in [3.8, 4) is 5.75 Å². The third kappa shape index (κ3) is 3.38. The number of rotatable bonds is 5. The van der Waals surface area contributed by atoms with Crippen LogP contribution in [0, 0.1) is 5.82 Å². The fourth-order valence-corrected chi connectivity index (χ4v) is 2.73. The summed E-state index contributed by atoms with van der Waals surface area (Å²) in [6.45, 7) is 0. The average Bonchev–Trinajstić information content (AvgIpc) is 2.46. The maximum absolute atomic E-state index is 13.7. The molecule has 0 aromatic heterocycles. The van der Waals surface area contributed by atoms with Crippen molar-refractivity contribution in [3.63, 3.8) is 0 Å². The summed E-state index contributed by atoms with van der Waals surface area (Å²) in [7, 11) is 3.51. The lowest BCUT2D eigenvalue weighted by Crippen LogP contribution is -2.19. The Kier molecular flexibility index (Phi) is 5.15. The van der Waals surface area contributed by atoms with E-state index >= 15 is 0 Å². The van der Waals surface area contributed by atoms with Gasteiger partial charge in [0.05, 0.1) is 11.6 Å². The van der Waals surface area contributed by atoms with Gasteiger partial charge < -0.3 is 10.1 Å². The number of hydrogen-bond acceptors (Lipinski definition) is 2. The van der Waals surface area contributed by atoms with E-state index in [1.807, 2.05) is 37.4 Å². The van der Waals surface area contributed by atoms with E-state index in [1.54, 1.807) is 13.2 Å². The Morgan fingerprint density at radius 1 is 1.25 bits per heavy atom. The van der Waals surface area contributed by atoms with Crippen molar-refractivity contribution in [2.75, 3.05) is 14.2 Å². The van der Waals surface area contributed by atoms with E-state index < -0.39 is 0 Å². The molecule has 0 heterocycles. The van der Waals surface area contributed by atoms with Crippen LogP contribution in [0.3, 0.4) is 0 Å². The summed E-state index contributed by atoms with van der Waals surface area (Å²) in [5.74, 6) is 0.620. The summed E-state index contributed by atoms with van der Waals surface area (Å²) >= 11 is 3.48. The normalized spacial score (nSPS) is 12.2. The first-order valence-electron chi connectivity index (χ1n) is 6.39. The van der Waals surface area contributed by atoms with Gasteiger partial charge in [-0.2, -0.15) is 0 Å². The minimum absolute atomic E-state index is 0.0501. The van der Waals surface area contributed by atoms with E-state index in [2.05, 4.69) is 21.2 Å². The highest BCUT2D eigenvalue weighted by Gasteiger charge is 2.14. The number of ether oxygens (including phenoxy) is 1. The van der Waals surface area contributed by atoms with Crippen LogP contribution in [0.2, 0.25) is 0 Å². The van der Waals surface area contributed by atoms with Crippen LogP contribution in [0.25, 0.3) is 0 Å². The summed E-state index contributed by atoms with van der Waals surface area (Å²) in [6, 6.07) is 12.8. The number of methoxy groups -OCH3 is 1. The Morgan fingerprint density at radius 2 is 2.00 bits per heavy atom. The molecule has 1 atom stereocenters. The van der Waals surface area contributed by atoms with Crippen molar-refractivity contribution >= 4 is 15.9 Å². The predicted octanol–water partition coefficient (Wildman–Crippen LogP) is 4.10. The van der Waals surface area contributed by atoms with E-state index in [0.29, 0.717) is 12.0 Å². The molecule has 20 heavy (non-hydrogen) atoms. The van der Waals surface area contributed by atoms with Crippen LogP contribution in [0.1, 0.15) is 17.2 Å². The molecule has 1 N–H and O–H groups in total. The van der Waals surface area contributed by atoms with Crippen molar-refractivity contribution in [1.29, 1.82) is 0 Å². The minimum Gasteiger partial charge on any atom is -0.496 e. The van der Waals surface area contributed by atoms with Crippen molar-refractivity contribution in [3.05, 3.63) is 63.9 Å². The second-order valence-corrected chi connectivity index (χ2v) is 5.39. The van der Waals surface area contributed by atoms with Gasteiger partial charge >= 0.3 is 0 Å². The molecule has 4 heteroatoms. The highest BCUT2D eigenvalue weighted by Crippen LogP contribution is 2.29. The molecule has 1 unspecified atom stereocenters. The Labute approximate surface area is 127 Å². The third-order valence-corrected chi connectivity index (χ3v) is 3.93. The van der Waals surface area contributed by atoms with Gasteiger partial charge in [-0.15, -0.1) is 0 Å². The predicted molar refractivity (Wildman–Crippen MR) is 82.6 cm³/mol. The first-order chi connectivity index (χ1) is 9.65. The molecule has 0 aliphatic heterocycles. The Morgan fingerprint density at radius 3 is 2.60 bits per heavy atom. The quantitative estimate of drug-likeness (QED) is 0.886. The maximum Gasteiger partial charge on any atom is 0.133 e. The van der Waals surface area contributed by atoms with E-state index in [4.69, 9.17) is 4.74 Å². The minimum atomic E-state index is -0.166. The highest BCUT2D eigenvalue weighted by atomic mass is 79.9. The standard InChI is InChI=1S/C16H17BrFNO/c1-19-15(10-11-5-3-4-6-14(11)18)12-7-8-16(20-2)13(17)9-12/h3-9,15,19H,10H2,1-2H3. The maximum atomic E-state index is 13.7. The first-order valence-corrected chi connectivity index (χ1v) is 7.19. The molecule has 0 fully saturated rings. The number of nitrogens with one attached hydrogen (secondary N) is 1.